The third kappa shape index (κ3) is 2.01. The van der Waals surface area contributed by atoms with E-state index in [0.717, 1.165) is 31.4 Å². The van der Waals surface area contributed by atoms with Crippen molar-refractivity contribution in [2.75, 3.05) is 0 Å². The SMILES string of the molecule is N#CC1(S(=O)(=O)c2ccc(F)cc2)CCCCC1. The highest BCUT2D eigenvalue weighted by Crippen LogP contribution is 2.38. The predicted octanol–water partition coefficient (Wildman–Crippen LogP) is 2.83. The third-order valence-electron chi connectivity index (χ3n) is 3.50. The van der Waals surface area contributed by atoms with Crippen LogP contribution in [-0.4, -0.2) is 13.2 Å². The van der Waals surface area contributed by atoms with Crippen molar-refractivity contribution in [2.45, 2.75) is 41.7 Å². The minimum atomic E-state index is -3.72. The molecular formula is C13H14FNO2S. The van der Waals surface area contributed by atoms with E-state index in [1.54, 1.807) is 0 Å². The molecule has 0 unspecified atom stereocenters. The summed E-state index contributed by atoms with van der Waals surface area (Å²) in [5.41, 5.74) is 0. The van der Waals surface area contributed by atoms with E-state index >= 15 is 0 Å². The minimum Gasteiger partial charge on any atom is -0.222 e. The third-order valence-corrected chi connectivity index (χ3v) is 5.92. The standard InChI is InChI=1S/C13H14FNO2S/c14-11-4-6-12(7-5-11)18(16,17)13(10-15)8-2-1-3-9-13/h4-7H,1-3,8-9H2. The average molecular weight is 267 g/mol. The summed E-state index contributed by atoms with van der Waals surface area (Å²) < 4.78 is 36.5. The molecular weight excluding hydrogens is 253 g/mol. The maximum absolute atomic E-state index is 12.8. The maximum Gasteiger partial charge on any atom is 0.197 e. The molecule has 0 spiro atoms. The number of sulfone groups is 1. The van der Waals surface area contributed by atoms with Gasteiger partial charge in [-0.2, -0.15) is 5.26 Å². The normalized spacial score (nSPS) is 19.1. The van der Waals surface area contributed by atoms with Gasteiger partial charge in [0.05, 0.1) is 11.0 Å². The summed E-state index contributed by atoms with van der Waals surface area (Å²) in [5.74, 6) is -0.483. The summed E-state index contributed by atoms with van der Waals surface area (Å²) in [6.45, 7) is 0. The van der Waals surface area contributed by atoms with Crippen LogP contribution in [0.15, 0.2) is 29.2 Å². The van der Waals surface area contributed by atoms with Gasteiger partial charge in [0.15, 0.2) is 14.6 Å². The molecule has 1 saturated carbocycles. The maximum atomic E-state index is 12.8. The number of nitriles is 1. The highest BCUT2D eigenvalue weighted by molar-refractivity contribution is 7.93. The van der Waals surface area contributed by atoms with Gasteiger partial charge < -0.3 is 0 Å². The van der Waals surface area contributed by atoms with Crippen molar-refractivity contribution < 1.29 is 12.8 Å². The fourth-order valence-electron chi connectivity index (χ4n) is 2.40. The van der Waals surface area contributed by atoms with Gasteiger partial charge >= 0.3 is 0 Å². The van der Waals surface area contributed by atoms with E-state index in [4.69, 9.17) is 0 Å². The van der Waals surface area contributed by atoms with Crippen molar-refractivity contribution in [1.82, 2.24) is 0 Å². The molecule has 96 valence electrons. The van der Waals surface area contributed by atoms with Crippen LogP contribution in [0.3, 0.4) is 0 Å². The Morgan fingerprint density at radius 1 is 1.11 bits per heavy atom. The molecule has 0 N–H and O–H groups in total. The van der Waals surface area contributed by atoms with Gasteiger partial charge in [-0.1, -0.05) is 19.3 Å². The fourth-order valence-corrected chi connectivity index (χ4v) is 4.29. The summed E-state index contributed by atoms with van der Waals surface area (Å²) in [4.78, 5) is 0.0346. The van der Waals surface area contributed by atoms with Crippen LogP contribution in [0.4, 0.5) is 4.39 Å². The molecule has 5 heteroatoms. The molecule has 2 rings (SSSR count). The molecule has 0 heterocycles. The highest BCUT2D eigenvalue weighted by Gasteiger charge is 2.45. The minimum absolute atomic E-state index is 0.0346. The zero-order chi connectivity index (χ0) is 13.2. The molecule has 0 bridgehead atoms. The number of nitrogens with zero attached hydrogens (tertiary/aromatic N) is 1. The summed E-state index contributed by atoms with van der Waals surface area (Å²) in [6.07, 6.45) is 3.18. The molecule has 1 aliphatic rings. The Morgan fingerprint density at radius 3 is 2.17 bits per heavy atom. The Morgan fingerprint density at radius 2 is 1.67 bits per heavy atom. The van der Waals surface area contributed by atoms with E-state index in [2.05, 4.69) is 0 Å². The monoisotopic (exact) mass is 267 g/mol. The van der Waals surface area contributed by atoms with Gasteiger partial charge in [0, 0.05) is 0 Å². The van der Waals surface area contributed by atoms with Crippen LogP contribution in [0.5, 0.6) is 0 Å². The number of hydrogen-bond donors (Lipinski definition) is 0. The van der Waals surface area contributed by atoms with Crippen LogP contribution in [0.25, 0.3) is 0 Å². The number of benzene rings is 1. The Balaban J connectivity index is 2.47. The number of hydrogen-bond acceptors (Lipinski definition) is 3. The lowest BCUT2D eigenvalue weighted by Gasteiger charge is -2.30. The van der Waals surface area contributed by atoms with Gasteiger partial charge in [-0.05, 0) is 37.1 Å². The molecule has 1 aromatic carbocycles. The predicted molar refractivity (Wildman–Crippen MR) is 65.0 cm³/mol. The lowest BCUT2D eigenvalue weighted by Crippen LogP contribution is -2.39. The molecule has 1 fully saturated rings. The van der Waals surface area contributed by atoms with E-state index < -0.39 is 20.4 Å². The first-order chi connectivity index (χ1) is 8.52. The largest absolute Gasteiger partial charge is 0.222 e. The van der Waals surface area contributed by atoms with Gasteiger partial charge in [-0.25, -0.2) is 12.8 Å². The Bertz CT molecular complexity index is 566. The topological polar surface area (TPSA) is 57.9 Å². The van der Waals surface area contributed by atoms with E-state index in [0.29, 0.717) is 12.8 Å². The summed E-state index contributed by atoms with van der Waals surface area (Å²) in [5, 5.41) is 9.29. The van der Waals surface area contributed by atoms with E-state index in [9.17, 15) is 18.1 Å². The van der Waals surface area contributed by atoms with Crippen molar-refractivity contribution in [1.29, 1.82) is 5.26 Å². The molecule has 0 radical (unpaired) electrons. The van der Waals surface area contributed by atoms with Crippen LogP contribution in [0.2, 0.25) is 0 Å². The molecule has 18 heavy (non-hydrogen) atoms. The average Bonchev–Trinajstić information content (AvgIpc) is 2.40. The Kier molecular flexibility index (Phi) is 3.40. The number of rotatable bonds is 2. The molecule has 0 aromatic heterocycles. The van der Waals surface area contributed by atoms with Crippen molar-refractivity contribution in [3.8, 4) is 6.07 Å². The van der Waals surface area contributed by atoms with Crippen LogP contribution in [0.1, 0.15) is 32.1 Å². The van der Waals surface area contributed by atoms with Crippen LogP contribution in [0, 0.1) is 17.1 Å². The second kappa shape index (κ2) is 4.69. The molecule has 0 atom stereocenters. The molecule has 3 nitrogen and oxygen atoms in total. The van der Waals surface area contributed by atoms with Gasteiger partial charge in [0.1, 0.15) is 5.82 Å². The number of halogens is 1. The second-order valence-corrected chi connectivity index (χ2v) is 6.88. The Labute approximate surface area is 106 Å². The van der Waals surface area contributed by atoms with Gasteiger partial charge in [-0.3, -0.25) is 0 Å². The summed E-state index contributed by atoms with van der Waals surface area (Å²) in [6, 6.07) is 6.68. The smallest absolute Gasteiger partial charge is 0.197 e. The van der Waals surface area contributed by atoms with Crippen molar-refractivity contribution in [2.24, 2.45) is 0 Å². The Hall–Kier alpha value is -1.41. The molecule has 0 saturated heterocycles. The van der Waals surface area contributed by atoms with Crippen molar-refractivity contribution >= 4 is 9.84 Å². The van der Waals surface area contributed by atoms with E-state index in [1.807, 2.05) is 6.07 Å². The molecule has 1 aliphatic carbocycles. The molecule has 0 amide bonds. The quantitative estimate of drug-likeness (QED) is 0.774. The van der Waals surface area contributed by atoms with Crippen LogP contribution >= 0.6 is 0 Å². The summed E-state index contributed by atoms with van der Waals surface area (Å²) >= 11 is 0. The van der Waals surface area contributed by atoms with Crippen molar-refractivity contribution in [3.05, 3.63) is 30.1 Å². The first-order valence-corrected chi connectivity index (χ1v) is 7.42. The second-order valence-electron chi connectivity index (χ2n) is 4.62. The van der Waals surface area contributed by atoms with E-state index in [-0.39, 0.29) is 4.90 Å². The fraction of sp³-hybridized carbons (Fsp3) is 0.462. The molecule has 1 aromatic rings. The summed E-state index contributed by atoms with van der Waals surface area (Å²) in [7, 11) is -3.72. The van der Waals surface area contributed by atoms with Gasteiger partial charge in [-0.15, -0.1) is 0 Å². The van der Waals surface area contributed by atoms with Gasteiger partial charge in [0.25, 0.3) is 0 Å². The lowest BCUT2D eigenvalue weighted by atomic mass is 9.89. The van der Waals surface area contributed by atoms with Crippen LogP contribution < -0.4 is 0 Å². The zero-order valence-corrected chi connectivity index (χ0v) is 10.7. The first kappa shape index (κ1) is 13.0. The van der Waals surface area contributed by atoms with Crippen LogP contribution in [-0.2, 0) is 9.84 Å². The highest BCUT2D eigenvalue weighted by atomic mass is 32.2. The van der Waals surface area contributed by atoms with Crippen molar-refractivity contribution in [3.63, 3.8) is 0 Å². The van der Waals surface area contributed by atoms with E-state index in [1.165, 1.54) is 12.1 Å². The lowest BCUT2D eigenvalue weighted by molar-refractivity contribution is 0.430. The zero-order valence-electron chi connectivity index (χ0n) is 9.89. The van der Waals surface area contributed by atoms with Gasteiger partial charge in [0.2, 0.25) is 0 Å². The molecule has 0 aliphatic heterocycles. The first-order valence-electron chi connectivity index (χ1n) is 5.93.